The molecule has 0 bridgehead atoms. The average Bonchev–Trinajstić information content (AvgIpc) is 2.50. The van der Waals surface area contributed by atoms with Crippen LogP contribution in [0, 0.1) is 5.82 Å². The molecular formula is C15H20FNO3S. The molecule has 1 aromatic carbocycles. The minimum absolute atomic E-state index is 0.000116. The average molecular weight is 313 g/mol. The number of ether oxygens (including phenoxy) is 2. The van der Waals surface area contributed by atoms with Crippen molar-refractivity contribution in [2.24, 2.45) is 0 Å². The van der Waals surface area contributed by atoms with Crippen LogP contribution in [-0.2, 0) is 20.3 Å². The second-order valence-corrected chi connectivity index (χ2v) is 7.47. The van der Waals surface area contributed by atoms with Crippen molar-refractivity contribution < 1.29 is 18.1 Å². The third-order valence-electron chi connectivity index (χ3n) is 4.36. The first-order chi connectivity index (χ1) is 10.1. The van der Waals surface area contributed by atoms with Crippen LogP contribution in [0.4, 0.5) is 10.1 Å². The van der Waals surface area contributed by atoms with Gasteiger partial charge in [0.05, 0.1) is 22.1 Å². The molecule has 116 valence electrons. The zero-order valence-electron chi connectivity index (χ0n) is 11.8. The van der Waals surface area contributed by atoms with Gasteiger partial charge >= 0.3 is 0 Å². The van der Waals surface area contributed by atoms with Crippen molar-refractivity contribution >= 4 is 16.5 Å². The summed E-state index contributed by atoms with van der Waals surface area (Å²) in [5.74, 6) is -0.506. The number of benzene rings is 1. The lowest BCUT2D eigenvalue weighted by molar-refractivity contribution is -0.131. The van der Waals surface area contributed by atoms with E-state index < -0.39 is 16.6 Å². The summed E-state index contributed by atoms with van der Waals surface area (Å²) in [5, 5.41) is -0.000116. The van der Waals surface area contributed by atoms with E-state index in [1.807, 2.05) is 0 Å². The molecule has 0 amide bonds. The first-order valence-electron chi connectivity index (χ1n) is 7.27. The van der Waals surface area contributed by atoms with Crippen molar-refractivity contribution in [1.29, 1.82) is 0 Å². The summed E-state index contributed by atoms with van der Waals surface area (Å²) < 4.78 is 37.6. The molecule has 1 spiro atoms. The van der Waals surface area contributed by atoms with Crippen LogP contribution in [0.3, 0.4) is 0 Å². The van der Waals surface area contributed by atoms with Gasteiger partial charge < -0.3 is 15.2 Å². The maximum atomic E-state index is 13.6. The molecule has 0 saturated carbocycles. The van der Waals surface area contributed by atoms with Crippen LogP contribution in [0.1, 0.15) is 25.7 Å². The number of nitrogens with two attached hydrogens (primary N) is 1. The van der Waals surface area contributed by atoms with Gasteiger partial charge in [0.15, 0.2) is 0 Å². The first kappa shape index (κ1) is 14.9. The molecule has 2 atom stereocenters. The van der Waals surface area contributed by atoms with Crippen LogP contribution >= 0.6 is 0 Å². The standard InChI is InChI=1S/C15H20FNO3S/c16-13-9-11(1-2-14(13)17)21(18)12-3-6-20-15(10-12)4-7-19-8-5-15/h1-2,9,12H,3-8,10,17H2. The van der Waals surface area contributed by atoms with E-state index in [0.29, 0.717) is 24.7 Å². The Balaban J connectivity index is 1.76. The topological polar surface area (TPSA) is 61.6 Å². The van der Waals surface area contributed by atoms with E-state index in [0.717, 1.165) is 25.7 Å². The molecular weight excluding hydrogens is 293 g/mol. The van der Waals surface area contributed by atoms with Crippen LogP contribution in [0.15, 0.2) is 23.1 Å². The molecule has 0 aromatic heterocycles. The van der Waals surface area contributed by atoms with E-state index in [1.165, 1.54) is 12.1 Å². The van der Waals surface area contributed by atoms with E-state index in [1.54, 1.807) is 6.07 Å². The molecule has 2 N–H and O–H groups in total. The molecule has 2 aliphatic rings. The van der Waals surface area contributed by atoms with Gasteiger partial charge in [0, 0.05) is 30.0 Å². The van der Waals surface area contributed by atoms with Crippen LogP contribution < -0.4 is 5.73 Å². The maximum Gasteiger partial charge on any atom is 0.147 e. The second kappa shape index (κ2) is 6.02. The van der Waals surface area contributed by atoms with E-state index in [9.17, 15) is 8.60 Å². The predicted molar refractivity (Wildman–Crippen MR) is 79.0 cm³/mol. The Kier molecular flexibility index (Phi) is 4.28. The summed E-state index contributed by atoms with van der Waals surface area (Å²) >= 11 is 0. The molecule has 4 nitrogen and oxygen atoms in total. The summed E-state index contributed by atoms with van der Waals surface area (Å²) in [4.78, 5) is 0.510. The molecule has 2 aliphatic heterocycles. The molecule has 0 aliphatic carbocycles. The molecule has 6 heteroatoms. The highest BCUT2D eigenvalue weighted by Gasteiger charge is 2.41. The summed E-state index contributed by atoms with van der Waals surface area (Å²) in [5.41, 5.74) is 5.35. The van der Waals surface area contributed by atoms with Crippen molar-refractivity contribution in [2.75, 3.05) is 25.6 Å². The van der Waals surface area contributed by atoms with Gasteiger partial charge in [0.1, 0.15) is 5.82 Å². The number of hydrogen-bond acceptors (Lipinski definition) is 4. The third-order valence-corrected chi connectivity index (χ3v) is 6.09. The van der Waals surface area contributed by atoms with Crippen LogP contribution in [0.5, 0.6) is 0 Å². The van der Waals surface area contributed by atoms with E-state index in [2.05, 4.69) is 0 Å². The monoisotopic (exact) mass is 313 g/mol. The normalized spacial score (nSPS) is 26.6. The lowest BCUT2D eigenvalue weighted by Gasteiger charge is -2.43. The fourth-order valence-electron chi connectivity index (χ4n) is 3.08. The molecule has 21 heavy (non-hydrogen) atoms. The van der Waals surface area contributed by atoms with Crippen LogP contribution in [0.2, 0.25) is 0 Å². The predicted octanol–water partition coefficient (Wildman–Crippen LogP) is 2.24. The molecule has 2 heterocycles. The lowest BCUT2D eigenvalue weighted by atomic mass is 9.86. The Morgan fingerprint density at radius 2 is 2.05 bits per heavy atom. The first-order valence-corrected chi connectivity index (χ1v) is 8.48. The minimum Gasteiger partial charge on any atom is -0.396 e. The zero-order valence-corrected chi connectivity index (χ0v) is 12.7. The number of anilines is 1. The second-order valence-electron chi connectivity index (χ2n) is 5.74. The SMILES string of the molecule is Nc1ccc(S(=O)C2CCOC3(CCOCC3)C2)cc1F. The van der Waals surface area contributed by atoms with E-state index in [-0.39, 0.29) is 16.5 Å². The van der Waals surface area contributed by atoms with Gasteiger partial charge in [-0.05, 0) is 43.9 Å². The molecule has 3 rings (SSSR count). The van der Waals surface area contributed by atoms with Gasteiger partial charge in [-0.3, -0.25) is 4.21 Å². The van der Waals surface area contributed by atoms with Crippen molar-refractivity contribution in [3.8, 4) is 0 Å². The Morgan fingerprint density at radius 3 is 2.76 bits per heavy atom. The summed E-state index contributed by atoms with van der Waals surface area (Å²) in [6, 6.07) is 4.42. The smallest absolute Gasteiger partial charge is 0.147 e. The molecule has 2 unspecified atom stereocenters. The summed E-state index contributed by atoms with van der Waals surface area (Å²) in [6.07, 6.45) is 3.17. The van der Waals surface area contributed by atoms with Crippen molar-refractivity contribution in [1.82, 2.24) is 0 Å². The fraction of sp³-hybridized carbons (Fsp3) is 0.600. The molecule has 0 radical (unpaired) electrons. The highest BCUT2D eigenvalue weighted by Crippen LogP contribution is 2.37. The Labute approximate surface area is 126 Å². The number of nitrogen functional groups attached to an aromatic ring is 1. The van der Waals surface area contributed by atoms with Crippen LogP contribution in [-0.4, -0.2) is 34.9 Å². The van der Waals surface area contributed by atoms with Crippen LogP contribution in [0.25, 0.3) is 0 Å². The Morgan fingerprint density at radius 1 is 1.29 bits per heavy atom. The van der Waals surface area contributed by atoms with Crippen molar-refractivity contribution in [3.05, 3.63) is 24.0 Å². The van der Waals surface area contributed by atoms with Gasteiger partial charge in [-0.1, -0.05) is 0 Å². The number of halogens is 1. The van der Waals surface area contributed by atoms with Gasteiger partial charge in [0.25, 0.3) is 0 Å². The quantitative estimate of drug-likeness (QED) is 0.851. The maximum absolute atomic E-state index is 13.6. The highest BCUT2D eigenvalue weighted by molar-refractivity contribution is 7.85. The van der Waals surface area contributed by atoms with Gasteiger partial charge in [-0.25, -0.2) is 4.39 Å². The Bertz CT molecular complexity index is 540. The highest BCUT2D eigenvalue weighted by atomic mass is 32.2. The zero-order chi connectivity index (χ0) is 14.9. The fourth-order valence-corrected chi connectivity index (χ4v) is 4.65. The van der Waals surface area contributed by atoms with Gasteiger partial charge in [-0.15, -0.1) is 0 Å². The largest absolute Gasteiger partial charge is 0.396 e. The van der Waals surface area contributed by atoms with Crippen molar-refractivity contribution in [2.45, 2.75) is 41.4 Å². The van der Waals surface area contributed by atoms with Gasteiger partial charge in [-0.2, -0.15) is 0 Å². The molecule has 2 saturated heterocycles. The molecule has 1 aromatic rings. The van der Waals surface area contributed by atoms with Gasteiger partial charge in [0.2, 0.25) is 0 Å². The third kappa shape index (κ3) is 3.12. The van der Waals surface area contributed by atoms with Crippen molar-refractivity contribution in [3.63, 3.8) is 0 Å². The molecule has 2 fully saturated rings. The summed E-state index contributed by atoms with van der Waals surface area (Å²) in [6.45, 7) is 1.99. The number of rotatable bonds is 2. The van der Waals surface area contributed by atoms with E-state index in [4.69, 9.17) is 15.2 Å². The Hall–Kier alpha value is -0.980. The lowest BCUT2D eigenvalue weighted by Crippen LogP contribution is -2.46. The summed E-state index contributed by atoms with van der Waals surface area (Å²) in [7, 11) is -1.23. The van der Waals surface area contributed by atoms with E-state index >= 15 is 0 Å². The minimum atomic E-state index is -1.23. The number of hydrogen-bond donors (Lipinski definition) is 1.